The van der Waals surface area contributed by atoms with Crippen molar-refractivity contribution in [3.8, 4) is 0 Å². The number of hydrogen-bond donors (Lipinski definition) is 0. The largest absolute Gasteiger partial charge is 0.465 e. The van der Waals surface area contributed by atoms with E-state index in [-0.39, 0.29) is 12.4 Å². The molecule has 0 saturated carbocycles. The molecule has 3 nitrogen and oxygen atoms in total. The maximum absolute atomic E-state index is 10.9. The van der Waals surface area contributed by atoms with Crippen LogP contribution < -0.4 is 0 Å². The molecule has 12 heavy (non-hydrogen) atoms. The lowest BCUT2D eigenvalue weighted by Gasteiger charge is -2.05. The van der Waals surface area contributed by atoms with E-state index in [9.17, 15) is 4.79 Å². The van der Waals surface area contributed by atoms with Crippen LogP contribution in [-0.4, -0.2) is 24.3 Å². The number of carbonyl (C=O) groups is 1. The van der Waals surface area contributed by atoms with Crippen LogP contribution in [-0.2, 0) is 9.53 Å². The third-order valence-electron chi connectivity index (χ3n) is 1.07. The molecule has 0 aliphatic rings. The van der Waals surface area contributed by atoms with E-state index in [2.05, 4.69) is 22.4 Å². The zero-order valence-corrected chi connectivity index (χ0v) is 8.19. The Bertz CT molecular complexity index is 185. The average molecular weight is 187 g/mol. The summed E-state index contributed by atoms with van der Waals surface area (Å²) in [7, 11) is 0. The van der Waals surface area contributed by atoms with Crippen LogP contribution in [0.25, 0.3) is 0 Å². The van der Waals surface area contributed by atoms with E-state index >= 15 is 0 Å². The summed E-state index contributed by atoms with van der Waals surface area (Å²) in [6.07, 6.45) is 0.288. The first-order chi connectivity index (χ1) is 5.66. The number of ether oxygens (including phenoxy) is 1. The summed E-state index contributed by atoms with van der Waals surface area (Å²) in [5.41, 5.74) is 0. The highest BCUT2D eigenvalue weighted by atomic mass is 32.1. The highest BCUT2D eigenvalue weighted by Crippen LogP contribution is 1.94. The van der Waals surface area contributed by atoms with Gasteiger partial charge in [-0.1, -0.05) is 13.8 Å². The molecule has 0 saturated heterocycles. The molecular formula is C8H13NO2S. The van der Waals surface area contributed by atoms with Gasteiger partial charge in [0.15, 0.2) is 0 Å². The van der Waals surface area contributed by atoms with Gasteiger partial charge in [0.05, 0.1) is 24.7 Å². The van der Waals surface area contributed by atoms with Crippen LogP contribution in [0.4, 0.5) is 0 Å². The second-order valence-electron chi connectivity index (χ2n) is 2.80. The van der Waals surface area contributed by atoms with Crippen molar-refractivity contribution in [1.29, 1.82) is 0 Å². The summed E-state index contributed by atoms with van der Waals surface area (Å²) in [4.78, 5) is 14.5. The Morgan fingerprint density at radius 3 is 2.83 bits per heavy atom. The molecule has 0 bridgehead atoms. The van der Waals surface area contributed by atoms with Gasteiger partial charge in [0.2, 0.25) is 0 Å². The number of hydrogen-bond acceptors (Lipinski definition) is 4. The van der Waals surface area contributed by atoms with Crippen molar-refractivity contribution in [2.75, 3.05) is 13.2 Å². The van der Waals surface area contributed by atoms with E-state index in [4.69, 9.17) is 4.74 Å². The second-order valence-corrected chi connectivity index (χ2v) is 2.98. The minimum absolute atomic E-state index is 0.224. The van der Waals surface area contributed by atoms with E-state index in [1.54, 1.807) is 0 Å². The smallest absolute Gasteiger partial charge is 0.307 e. The molecule has 0 unspecified atom stereocenters. The summed E-state index contributed by atoms with van der Waals surface area (Å²) < 4.78 is 4.89. The molecule has 0 radical (unpaired) electrons. The molecule has 0 aromatic rings. The van der Waals surface area contributed by atoms with E-state index < -0.39 is 0 Å². The number of nitrogens with zero attached hydrogens (tertiary/aromatic N) is 1. The van der Waals surface area contributed by atoms with Crippen molar-refractivity contribution in [3.63, 3.8) is 0 Å². The van der Waals surface area contributed by atoms with Crippen molar-refractivity contribution in [1.82, 2.24) is 0 Å². The van der Waals surface area contributed by atoms with Gasteiger partial charge in [0.1, 0.15) is 0 Å². The van der Waals surface area contributed by atoms with E-state index in [0.717, 1.165) is 0 Å². The van der Waals surface area contributed by atoms with E-state index in [0.29, 0.717) is 19.1 Å². The monoisotopic (exact) mass is 187 g/mol. The minimum Gasteiger partial charge on any atom is -0.465 e. The van der Waals surface area contributed by atoms with Crippen LogP contribution in [0.15, 0.2) is 4.99 Å². The van der Waals surface area contributed by atoms with Gasteiger partial charge in [-0.25, -0.2) is 4.99 Å². The Labute approximate surface area is 77.8 Å². The van der Waals surface area contributed by atoms with Crippen molar-refractivity contribution >= 4 is 23.3 Å². The number of esters is 1. The van der Waals surface area contributed by atoms with Gasteiger partial charge in [-0.3, -0.25) is 4.79 Å². The highest BCUT2D eigenvalue weighted by Gasteiger charge is 2.02. The molecule has 0 aliphatic heterocycles. The summed E-state index contributed by atoms with van der Waals surface area (Å²) in [6.45, 7) is 4.82. The highest BCUT2D eigenvalue weighted by molar-refractivity contribution is 7.78. The molecule has 0 aromatic carbocycles. The van der Waals surface area contributed by atoms with Gasteiger partial charge in [0, 0.05) is 0 Å². The normalized spacial score (nSPS) is 9.25. The molecule has 0 amide bonds. The van der Waals surface area contributed by atoms with Crippen molar-refractivity contribution in [2.45, 2.75) is 20.3 Å². The zero-order valence-electron chi connectivity index (χ0n) is 7.37. The fraction of sp³-hybridized carbons (Fsp3) is 0.750. The van der Waals surface area contributed by atoms with Crippen LogP contribution in [0.5, 0.6) is 0 Å². The minimum atomic E-state index is -0.224. The standard InChI is InChI=1S/C8H13NO2S/c1-7(2)5-11-8(10)3-4-9-6-12/h7H,3-5H2,1-2H3. The second kappa shape index (κ2) is 6.95. The third-order valence-corrected chi connectivity index (χ3v) is 1.20. The topological polar surface area (TPSA) is 38.7 Å². The number of carbonyl (C=O) groups excluding carboxylic acids is 1. The van der Waals surface area contributed by atoms with Crippen molar-refractivity contribution in [2.24, 2.45) is 10.9 Å². The molecule has 0 heterocycles. The third kappa shape index (κ3) is 7.38. The van der Waals surface area contributed by atoms with Crippen LogP contribution in [0.2, 0.25) is 0 Å². The fourth-order valence-corrected chi connectivity index (χ4v) is 0.616. The molecule has 0 fully saturated rings. The van der Waals surface area contributed by atoms with E-state index in [1.165, 1.54) is 0 Å². The molecule has 0 spiro atoms. The van der Waals surface area contributed by atoms with Gasteiger partial charge < -0.3 is 4.74 Å². The Balaban J connectivity index is 3.40. The number of aliphatic imine (C=N–C) groups is 1. The van der Waals surface area contributed by atoms with Crippen molar-refractivity contribution in [3.05, 3.63) is 0 Å². The molecule has 4 heteroatoms. The quantitative estimate of drug-likeness (QED) is 0.373. The van der Waals surface area contributed by atoms with Crippen LogP contribution in [0, 0.1) is 5.92 Å². The lowest BCUT2D eigenvalue weighted by molar-refractivity contribution is -0.144. The van der Waals surface area contributed by atoms with Gasteiger partial charge in [0.25, 0.3) is 0 Å². The average Bonchev–Trinajstić information content (AvgIpc) is 2.01. The van der Waals surface area contributed by atoms with Crippen molar-refractivity contribution < 1.29 is 9.53 Å². The molecule has 0 aliphatic carbocycles. The molecule has 0 N–H and O–H groups in total. The molecule has 68 valence electrons. The fourth-order valence-electron chi connectivity index (χ4n) is 0.525. The van der Waals surface area contributed by atoms with Gasteiger partial charge >= 0.3 is 5.97 Å². The first-order valence-corrected chi connectivity index (χ1v) is 4.27. The maximum atomic E-state index is 10.9. The Hall–Kier alpha value is -0.730. The predicted octanol–water partition coefficient (Wildman–Crippen LogP) is 1.68. The molecule has 0 aromatic heterocycles. The first kappa shape index (κ1) is 11.3. The van der Waals surface area contributed by atoms with E-state index in [1.807, 2.05) is 13.8 Å². The number of isothiocyanates is 1. The Morgan fingerprint density at radius 1 is 1.67 bits per heavy atom. The van der Waals surface area contributed by atoms with Crippen LogP contribution >= 0.6 is 12.2 Å². The summed E-state index contributed by atoms with van der Waals surface area (Å²) >= 11 is 4.34. The molecule has 0 atom stereocenters. The van der Waals surface area contributed by atoms with Crippen LogP contribution in [0.3, 0.4) is 0 Å². The lowest BCUT2D eigenvalue weighted by atomic mass is 10.2. The summed E-state index contributed by atoms with van der Waals surface area (Å²) in [5, 5.41) is 2.19. The summed E-state index contributed by atoms with van der Waals surface area (Å²) in [6, 6.07) is 0. The Morgan fingerprint density at radius 2 is 2.33 bits per heavy atom. The SMILES string of the molecule is CC(C)COC(=O)CCN=C=S. The number of rotatable bonds is 5. The zero-order chi connectivity index (χ0) is 9.40. The molecule has 0 rings (SSSR count). The number of thiocarbonyl (C=S) groups is 1. The van der Waals surface area contributed by atoms with Gasteiger partial charge in [-0.05, 0) is 18.1 Å². The van der Waals surface area contributed by atoms with Crippen LogP contribution in [0.1, 0.15) is 20.3 Å². The summed E-state index contributed by atoms with van der Waals surface area (Å²) in [5.74, 6) is 0.153. The van der Waals surface area contributed by atoms with Gasteiger partial charge in [-0.2, -0.15) is 0 Å². The predicted molar refractivity (Wildman–Crippen MR) is 50.3 cm³/mol. The lowest BCUT2D eigenvalue weighted by Crippen LogP contribution is -2.10. The maximum Gasteiger partial charge on any atom is 0.307 e. The Kier molecular flexibility index (Phi) is 6.53. The first-order valence-electron chi connectivity index (χ1n) is 3.86. The molecular weight excluding hydrogens is 174 g/mol. The van der Waals surface area contributed by atoms with Gasteiger partial charge in [-0.15, -0.1) is 0 Å².